The lowest BCUT2D eigenvalue weighted by atomic mass is 9.85. The molecule has 2 aliphatic heterocycles. The van der Waals surface area contributed by atoms with Crippen molar-refractivity contribution in [2.45, 2.75) is 38.1 Å². The van der Waals surface area contributed by atoms with Gasteiger partial charge in [-0.2, -0.15) is 0 Å². The number of rotatable bonds is 6. The van der Waals surface area contributed by atoms with Gasteiger partial charge in [0.15, 0.2) is 5.78 Å². The number of nitrogens with zero attached hydrogens (tertiary/aromatic N) is 1. The molecule has 2 atom stereocenters. The summed E-state index contributed by atoms with van der Waals surface area (Å²) in [6.45, 7) is 3.36. The Kier molecular flexibility index (Phi) is 4.89. The molecule has 7 nitrogen and oxygen atoms in total. The zero-order valence-electron chi connectivity index (χ0n) is 16.9. The highest BCUT2D eigenvalue weighted by molar-refractivity contribution is 6.12. The fourth-order valence-corrected chi connectivity index (χ4v) is 4.20. The van der Waals surface area contributed by atoms with Crippen molar-refractivity contribution in [3.63, 3.8) is 0 Å². The minimum absolute atomic E-state index is 0.115. The summed E-state index contributed by atoms with van der Waals surface area (Å²) in [4.78, 5) is 51.7. The molecule has 4 amide bonds. The third-order valence-corrected chi connectivity index (χ3v) is 5.86. The highest BCUT2D eigenvalue weighted by Gasteiger charge is 2.52. The minimum atomic E-state index is -1.16. The smallest absolute Gasteiger partial charge is 0.325 e. The monoisotopic (exact) mass is 405 g/mol. The topological polar surface area (TPSA) is 95.6 Å². The van der Waals surface area contributed by atoms with Crippen LogP contribution in [0.3, 0.4) is 0 Å². The van der Waals surface area contributed by atoms with Crippen LogP contribution in [0, 0.1) is 0 Å². The first-order valence-corrected chi connectivity index (χ1v) is 10.0. The van der Waals surface area contributed by atoms with E-state index in [0.717, 1.165) is 10.5 Å². The third kappa shape index (κ3) is 3.07. The van der Waals surface area contributed by atoms with E-state index in [9.17, 15) is 19.2 Å². The zero-order chi connectivity index (χ0) is 21.5. The van der Waals surface area contributed by atoms with Crippen LogP contribution in [0.2, 0.25) is 0 Å². The predicted octanol–water partition coefficient (Wildman–Crippen LogP) is 3.17. The van der Waals surface area contributed by atoms with E-state index in [4.69, 9.17) is 0 Å². The van der Waals surface area contributed by atoms with E-state index < -0.39 is 17.5 Å². The number of carbonyl (C=O) groups is 4. The molecule has 0 unspecified atom stereocenters. The Morgan fingerprint density at radius 2 is 1.83 bits per heavy atom. The second-order valence-corrected chi connectivity index (χ2v) is 7.78. The molecule has 154 valence electrons. The van der Waals surface area contributed by atoms with E-state index in [0.29, 0.717) is 29.7 Å². The van der Waals surface area contributed by atoms with Gasteiger partial charge in [-0.25, -0.2) is 4.79 Å². The molecular weight excluding hydrogens is 382 g/mol. The molecule has 2 aromatic carbocycles. The van der Waals surface area contributed by atoms with E-state index in [1.807, 2.05) is 37.3 Å². The summed E-state index contributed by atoms with van der Waals surface area (Å²) in [5.41, 5.74) is 1.34. The molecular formula is C23H23N3O4. The van der Waals surface area contributed by atoms with Crippen LogP contribution in [-0.2, 0) is 15.1 Å². The second kappa shape index (κ2) is 7.40. The number of imide groups is 1. The highest BCUT2D eigenvalue weighted by atomic mass is 16.2. The van der Waals surface area contributed by atoms with Crippen LogP contribution in [-0.4, -0.2) is 35.1 Å². The molecule has 0 spiro atoms. The number of fused-ring (bicyclic) bond motifs is 1. The van der Waals surface area contributed by atoms with E-state index in [1.165, 1.54) is 0 Å². The highest BCUT2D eigenvalue weighted by Crippen LogP contribution is 2.35. The Morgan fingerprint density at radius 1 is 1.10 bits per heavy atom. The first kappa shape index (κ1) is 19.8. The summed E-state index contributed by atoms with van der Waals surface area (Å²) >= 11 is 0. The number of ketones is 1. The Labute approximate surface area is 174 Å². The average Bonchev–Trinajstić information content (AvgIpc) is 3.16. The number of nitrogens with one attached hydrogen (secondary N) is 2. The Morgan fingerprint density at radius 3 is 2.53 bits per heavy atom. The van der Waals surface area contributed by atoms with Crippen molar-refractivity contribution in [3.8, 4) is 0 Å². The molecule has 2 aromatic rings. The number of benzene rings is 2. The SMILES string of the molecule is CCC[C@]1(c2ccccc2)NC(=O)N(CC(=O)c2ccc3c(c2)[C@H](C)C(=O)N3)C1=O. The lowest BCUT2D eigenvalue weighted by Gasteiger charge is -2.26. The molecule has 0 aliphatic carbocycles. The Bertz CT molecular complexity index is 1050. The maximum Gasteiger partial charge on any atom is 0.325 e. The minimum Gasteiger partial charge on any atom is -0.325 e. The van der Waals surface area contributed by atoms with Crippen molar-refractivity contribution < 1.29 is 19.2 Å². The second-order valence-electron chi connectivity index (χ2n) is 7.78. The molecule has 4 rings (SSSR count). The summed E-state index contributed by atoms with van der Waals surface area (Å²) in [5.74, 6) is -1.23. The number of urea groups is 1. The molecule has 7 heteroatoms. The number of hydrogen-bond acceptors (Lipinski definition) is 4. The van der Waals surface area contributed by atoms with Crippen LogP contribution in [0.4, 0.5) is 10.5 Å². The van der Waals surface area contributed by atoms with Crippen molar-refractivity contribution in [3.05, 3.63) is 65.2 Å². The number of carbonyl (C=O) groups excluding carboxylic acids is 4. The molecule has 30 heavy (non-hydrogen) atoms. The standard InChI is InChI=1S/C23H23N3O4/c1-3-11-23(16-7-5-4-6-8-16)21(29)26(22(30)25-23)13-19(27)15-9-10-18-17(12-15)14(2)20(28)24-18/h4-10,12,14H,3,11,13H2,1-2H3,(H,24,28)(H,25,30)/t14-,23+/m0/s1. The fourth-order valence-electron chi connectivity index (χ4n) is 4.20. The van der Waals surface area contributed by atoms with Crippen molar-refractivity contribution in [2.75, 3.05) is 11.9 Å². The number of Topliss-reactive ketones (excluding diaryl/α,β-unsaturated/α-hetero) is 1. The summed E-state index contributed by atoms with van der Waals surface area (Å²) in [6, 6.07) is 13.5. The van der Waals surface area contributed by atoms with E-state index >= 15 is 0 Å². The molecule has 2 heterocycles. The molecule has 1 saturated heterocycles. The first-order chi connectivity index (χ1) is 14.4. The summed E-state index contributed by atoms with van der Waals surface area (Å²) in [6.07, 6.45) is 1.13. The fraction of sp³-hybridized carbons (Fsp3) is 0.304. The van der Waals surface area contributed by atoms with Gasteiger partial charge < -0.3 is 10.6 Å². The van der Waals surface area contributed by atoms with Gasteiger partial charge in [0.25, 0.3) is 5.91 Å². The van der Waals surface area contributed by atoms with Crippen LogP contribution >= 0.6 is 0 Å². The maximum absolute atomic E-state index is 13.3. The van der Waals surface area contributed by atoms with Crippen LogP contribution in [0.25, 0.3) is 0 Å². The van der Waals surface area contributed by atoms with Crippen LogP contribution in [0.15, 0.2) is 48.5 Å². The normalized spacial score (nSPS) is 22.7. The van der Waals surface area contributed by atoms with Crippen LogP contribution < -0.4 is 10.6 Å². The molecule has 0 saturated carbocycles. The Hall–Kier alpha value is -3.48. The van der Waals surface area contributed by atoms with Crippen molar-refractivity contribution >= 4 is 29.3 Å². The lowest BCUT2D eigenvalue weighted by Crippen LogP contribution is -2.44. The molecule has 2 N–H and O–H groups in total. The van der Waals surface area contributed by atoms with Gasteiger partial charge in [0.2, 0.25) is 5.91 Å². The van der Waals surface area contributed by atoms with Gasteiger partial charge in [-0.3, -0.25) is 19.3 Å². The summed E-state index contributed by atoms with van der Waals surface area (Å²) < 4.78 is 0. The number of anilines is 1. The van der Waals surface area contributed by atoms with Gasteiger partial charge in [-0.15, -0.1) is 0 Å². The van der Waals surface area contributed by atoms with E-state index in [1.54, 1.807) is 25.1 Å². The van der Waals surface area contributed by atoms with Gasteiger partial charge >= 0.3 is 6.03 Å². The van der Waals surface area contributed by atoms with Crippen LogP contribution in [0.1, 0.15) is 54.1 Å². The molecule has 0 bridgehead atoms. The number of hydrogen-bond donors (Lipinski definition) is 2. The molecule has 2 aliphatic rings. The van der Waals surface area contributed by atoms with Crippen LogP contribution in [0.5, 0.6) is 0 Å². The molecule has 0 radical (unpaired) electrons. The van der Waals surface area contributed by atoms with Gasteiger partial charge in [-0.05, 0) is 42.7 Å². The lowest BCUT2D eigenvalue weighted by molar-refractivity contribution is -0.131. The number of amides is 4. The molecule has 1 fully saturated rings. The van der Waals surface area contributed by atoms with Gasteiger partial charge in [0.1, 0.15) is 5.54 Å². The maximum atomic E-state index is 13.3. The van der Waals surface area contributed by atoms with Crippen molar-refractivity contribution in [1.29, 1.82) is 0 Å². The average molecular weight is 405 g/mol. The zero-order valence-corrected chi connectivity index (χ0v) is 16.9. The van der Waals surface area contributed by atoms with E-state index in [2.05, 4.69) is 10.6 Å². The summed E-state index contributed by atoms with van der Waals surface area (Å²) in [5, 5.41) is 5.59. The van der Waals surface area contributed by atoms with Crippen molar-refractivity contribution in [2.24, 2.45) is 0 Å². The third-order valence-electron chi connectivity index (χ3n) is 5.86. The van der Waals surface area contributed by atoms with Crippen molar-refractivity contribution in [1.82, 2.24) is 10.2 Å². The van der Waals surface area contributed by atoms with Gasteiger partial charge in [-0.1, -0.05) is 43.7 Å². The quantitative estimate of drug-likeness (QED) is 0.570. The molecule has 0 aromatic heterocycles. The summed E-state index contributed by atoms with van der Waals surface area (Å²) in [7, 11) is 0. The van der Waals surface area contributed by atoms with E-state index in [-0.39, 0.29) is 24.2 Å². The van der Waals surface area contributed by atoms with Gasteiger partial charge in [0.05, 0.1) is 12.5 Å². The largest absolute Gasteiger partial charge is 0.325 e. The van der Waals surface area contributed by atoms with Gasteiger partial charge in [0, 0.05) is 11.3 Å². The Balaban J connectivity index is 1.60. The first-order valence-electron chi connectivity index (χ1n) is 10.0. The predicted molar refractivity (Wildman–Crippen MR) is 111 cm³/mol.